The van der Waals surface area contributed by atoms with Crippen molar-refractivity contribution in [3.63, 3.8) is 0 Å². The van der Waals surface area contributed by atoms with Gasteiger partial charge in [0, 0.05) is 5.56 Å². The van der Waals surface area contributed by atoms with Gasteiger partial charge in [0.05, 0.1) is 11.6 Å². The number of nitrogens with zero attached hydrogens (tertiary/aromatic N) is 3. The van der Waals surface area contributed by atoms with E-state index in [9.17, 15) is 14.7 Å². The lowest BCUT2D eigenvalue weighted by Gasteiger charge is -2.22. The monoisotopic (exact) mass is 497 g/mol. The number of ketones is 1. The van der Waals surface area contributed by atoms with Gasteiger partial charge in [-0.05, 0) is 49.2 Å². The molecule has 0 aliphatic carbocycles. The highest BCUT2D eigenvalue weighted by Crippen LogP contribution is 2.42. The van der Waals surface area contributed by atoms with Crippen molar-refractivity contribution in [1.82, 2.24) is 10.2 Å². The summed E-state index contributed by atoms with van der Waals surface area (Å²) >= 11 is 1.22. The Kier molecular flexibility index (Phi) is 6.35. The van der Waals surface area contributed by atoms with E-state index in [-0.39, 0.29) is 11.3 Å². The van der Waals surface area contributed by atoms with E-state index in [1.54, 1.807) is 31.2 Å². The third-order valence-corrected chi connectivity index (χ3v) is 6.73. The number of anilines is 1. The van der Waals surface area contributed by atoms with Crippen LogP contribution in [0.5, 0.6) is 5.75 Å². The van der Waals surface area contributed by atoms with Gasteiger partial charge in [-0.3, -0.25) is 14.5 Å². The molecule has 1 atom stereocenters. The van der Waals surface area contributed by atoms with Crippen LogP contribution >= 0.6 is 11.3 Å². The van der Waals surface area contributed by atoms with Crippen LogP contribution in [-0.2, 0) is 16.2 Å². The van der Waals surface area contributed by atoms with Crippen LogP contribution in [0.4, 0.5) is 5.13 Å². The van der Waals surface area contributed by atoms with Crippen molar-refractivity contribution < 1.29 is 19.4 Å². The Balaban J connectivity index is 1.48. The molecule has 1 fully saturated rings. The summed E-state index contributed by atoms with van der Waals surface area (Å²) in [6.45, 7) is 4.21. The van der Waals surface area contributed by atoms with E-state index in [1.165, 1.54) is 16.2 Å². The van der Waals surface area contributed by atoms with Gasteiger partial charge in [0.2, 0.25) is 5.13 Å². The van der Waals surface area contributed by atoms with Gasteiger partial charge in [0.1, 0.15) is 23.1 Å². The van der Waals surface area contributed by atoms with Crippen molar-refractivity contribution in [1.29, 1.82) is 0 Å². The van der Waals surface area contributed by atoms with Gasteiger partial charge < -0.3 is 9.84 Å². The highest BCUT2D eigenvalue weighted by molar-refractivity contribution is 7.15. The van der Waals surface area contributed by atoms with Crippen molar-refractivity contribution in [2.24, 2.45) is 0 Å². The van der Waals surface area contributed by atoms with E-state index in [0.29, 0.717) is 33.6 Å². The summed E-state index contributed by atoms with van der Waals surface area (Å²) in [4.78, 5) is 27.6. The van der Waals surface area contributed by atoms with Crippen LogP contribution in [0.2, 0.25) is 0 Å². The third-order valence-electron chi connectivity index (χ3n) is 5.90. The maximum absolute atomic E-state index is 13.2. The number of Topliss-reactive ketones (excluding diaryl/α,β-unsaturated/α-hetero) is 1. The first-order chi connectivity index (χ1) is 17.4. The molecule has 1 N–H and O–H groups in total. The Morgan fingerprint density at radius 1 is 0.972 bits per heavy atom. The lowest BCUT2D eigenvalue weighted by atomic mass is 9.95. The average Bonchev–Trinajstić information content (AvgIpc) is 3.43. The fourth-order valence-electron chi connectivity index (χ4n) is 4.20. The standard InChI is InChI=1S/C28H23N3O4S/c1-17-7-6-8-19(15-17)16-35-22-13-11-21(12-14-22)25(32)23-24(20-9-4-3-5-10-20)31(27(34)26(23)33)28-30-29-18(2)36-28/h3-15,24,32H,16H2,1-2H3. The number of amides is 1. The number of hydrogen-bond donors (Lipinski definition) is 1. The molecule has 3 aromatic carbocycles. The van der Waals surface area contributed by atoms with Crippen LogP contribution in [0.1, 0.15) is 33.3 Å². The molecule has 36 heavy (non-hydrogen) atoms. The highest BCUT2D eigenvalue weighted by atomic mass is 32.1. The fraction of sp³-hybridized carbons (Fsp3) is 0.143. The molecule has 0 bridgehead atoms. The number of aliphatic hydroxyl groups is 1. The van der Waals surface area contributed by atoms with E-state index < -0.39 is 17.7 Å². The van der Waals surface area contributed by atoms with E-state index >= 15 is 0 Å². The molecule has 2 heterocycles. The molecule has 1 aromatic heterocycles. The van der Waals surface area contributed by atoms with Crippen LogP contribution < -0.4 is 9.64 Å². The minimum atomic E-state index is -0.823. The first kappa shape index (κ1) is 23.4. The van der Waals surface area contributed by atoms with Gasteiger partial charge in [-0.25, -0.2) is 0 Å². The molecular weight excluding hydrogens is 474 g/mol. The van der Waals surface area contributed by atoms with Crippen LogP contribution in [0.25, 0.3) is 5.76 Å². The van der Waals surface area contributed by atoms with Gasteiger partial charge in [0.25, 0.3) is 5.78 Å². The largest absolute Gasteiger partial charge is 0.507 e. The smallest absolute Gasteiger partial charge is 0.301 e. The number of carbonyl (C=O) groups excluding carboxylic acids is 2. The normalized spacial score (nSPS) is 16.9. The summed E-state index contributed by atoms with van der Waals surface area (Å²) in [6.07, 6.45) is 0. The molecule has 1 aliphatic rings. The zero-order valence-electron chi connectivity index (χ0n) is 19.7. The molecule has 4 aromatic rings. The molecule has 5 rings (SSSR count). The second-order valence-corrected chi connectivity index (χ2v) is 9.65. The summed E-state index contributed by atoms with van der Waals surface area (Å²) in [5.74, 6) is -1.15. The van der Waals surface area contributed by atoms with Gasteiger partial charge in [0.15, 0.2) is 0 Å². The molecule has 8 heteroatoms. The molecule has 0 radical (unpaired) electrons. The molecule has 1 saturated heterocycles. The Morgan fingerprint density at radius 3 is 2.39 bits per heavy atom. The Labute approximate surface area is 212 Å². The first-order valence-electron chi connectivity index (χ1n) is 11.4. The van der Waals surface area contributed by atoms with E-state index in [4.69, 9.17) is 4.74 Å². The van der Waals surface area contributed by atoms with Crippen LogP contribution in [0, 0.1) is 13.8 Å². The van der Waals surface area contributed by atoms with Crippen molar-refractivity contribution in [2.75, 3.05) is 4.90 Å². The van der Waals surface area contributed by atoms with E-state index in [2.05, 4.69) is 16.3 Å². The minimum Gasteiger partial charge on any atom is -0.507 e. The number of aliphatic hydroxyl groups excluding tert-OH is 1. The topological polar surface area (TPSA) is 92.6 Å². The van der Waals surface area contributed by atoms with E-state index in [0.717, 1.165) is 11.1 Å². The summed E-state index contributed by atoms with van der Waals surface area (Å²) in [7, 11) is 0. The Bertz CT molecular complexity index is 1460. The zero-order valence-corrected chi connectivity index (χ0v) is 20.5. The van der Waals surface area contributed by atoms with Crippen molar-refractivity contribution >= 4 is 33.9 Å². The number of hydrogen-bond acceptors (Lipinski definition) is 7. The lowest BCUT2D eigenvalue weighted by Crippen LogP contribution is -2.29. The highest BCUT2D eigenvalue weighted by Gasteiger charge is 2.48. The fourth-order valence-corrected chi connectivity index (χ4v) is 4.91. The minimum absolute atomic E-state index is 0.00693. The molecule has 0 spiro atoms. The van der Waals surface area contributed by atoms with Crippen molar-refractivity contribution in [2.45, 2.75) is 26.5 Å². The second-order valence-electron chi connectivity index (χ2n) is 8.49. The lowest BCUT2D eigenvalue weighted by molar-refractivity contribution is -0.132. The maximum Gasteiger partial charge on any atom is 0.301 e. The summed E-state index contributed by atoms with van der Waals surface area (Å²) in [5.41, 5.74) is 3.31. The average molecular weight is 498 g/mol. The number of aryl methyl sites for hydroxylation is 2. The number of carbonyl (C=O) groups is 2. The van der Waals surface area contributed by atoms with Crippen molar-refractivity contribution in [3.05, 3.63) is 112 Å². The molecule has 1 unspecified atom stereocenters. The predicted octanol–water partition coefficient (Wildman–Crippen LogP) is 5.36. The molecular formula is C28H23N3O4S. The van der Waals surface area contributed by atoms with Gasteiger partial charge in [-0.2, -0.15) is 0 Å². The molecule has 7 nitrogen and oxygen atoms in total. The molecule has 1 aliphatic heterocycles. The molecule has 1 amide bonds. The summed E-state index contributed by atoms with van der Waals surface area (Å²) in [6, 6.07) is 23.2. The maximum atomic E-state index is 13.2. The second kappa shape index (κ2) is 9.75. The predicted molar refractivity (Wildman–Crippen MR) is 138 cm³/mol. The SMILES string of the molecule is Cc1cccc(COc2ccc(C(O)=C3C(=O)C(=O)N(c4nnc(C)s4)C3c3ccccc3)cc2)c1. The summed E-state index contributed by atoms with van der Waals surface area (Å²) in [5, 5.41) is 20.3. The quantitative estimate of drug-likeness (QED) is 0.219. The Morgan fingerprint density at radius 2 is 1.72 bits per heavy atom. The van der Waals surface area contributed by atoms with E-state index in [1.807, 2.05) is 55.5 Å². The van der Waals surface area contributed by atoms with Gasteiger partial charge >= 0.3 is 5.91 Å². The Hall–Kier alpha value is -4.30. The van der Waals surface area contributed by atoms with Gasteiger partial charge in [-0.1, -0.05) is 71.5 Å². The van der Waals surface area contributed by atoms with Crippen LogP contribution in [0.3, 0.4) is 0 Å². The van der Waals surface area contributed by atoms with Gasteiger partial charge in [-0.15, -0.1) is 10.2 Å². The number of aromatic nitrogens is 2. The first-order valence-corrected chi connectivity index (χ1v) is 12.2. The number of benzene rings is 3. The molecule has 180 valence electrons. The van der Waals surface area contributed by atoms with Crippen LogP contribution in [0.15, 0.2) is 84.4 Å². The third kappa shape index (κ3) is 4.50. The number of ether oxygens (including phenoxy) is 1. The van der Waals surface area contributed by atoms with Crippen molar-refractivity contribution in [3.8, 4) is 5.75 Å². The van der Waals surface area contributed by atoms with Crippen LogP contribution in [-0.4, -0.2) is 27.0 Å². The summed E-state index contributed by atoms with van der Waals surface area (Å²) < 4.78 is 5.87. The zero-order chi connectivity index (χ0) is 25.2. The number of rotatable bonds is 6. The molecule has 0 saturated carbocycles.